The third-order valence-corrected chi connectivity index (χ3v) is 4.79. The monoisotopic (exact) mass is 278 g/mol. The molecule has 0 bridgehead atoms. The van der Waals surface area contributed by atoms with Crippen LogP contribution in [0.3, 0.4) is 0 Å². The van der Waals surface area contributed by atoms with Gasteiger partial charge in [0.2, 0.25) is 0 Å². The van der Waals surface area contributed by atoms with E-state index in [0.717, 1.165) is 5.56 Å². The molecular formula is C15H22O3Si. The minimum atomic E-state index is -1.77. The number of carboxylic acid groups (broad SMARTS) is 1. The van der Waals surface area contributed by atoms with Gasteiger partial charge in [-0.15, -0.1) is 0 Å². The summed E-state index contributed by atoms with van der Waals surface area (Å²) in [6.45, 7) is 7.24. The van der Waals surface area contributed by atoms with Gasteiger partial charge in [0.1, 0.15) is 0 Å². The summed E-state index contributed by atoms with van der Waals surface area (Å²) in [5.74, 6) is -0.790. The molecule has 0 saturated heterocycles. The van der Waals surface area contributed by atoms with E-state index in [0.29, 0.717) is 24.8 Å². The Morgan fingerprint density at radius 2 is 1.89 bits per heavy atom. The van der Waals surface area contributed by atoms with Crippen LogP contribution in [0.5, 0.6) is 0 Å². The van der Waals surface area contributed by atoms with Crippen molar-refractivity contribution in [1.29, 1.82) is 0 Å². The maximum atomic E-state index is 11.2. The Hall–Kier alpha value is -1.39. The lowest BCUT2D eigenvalue weighted by Crippen LogP contribution is -2.29. The maximum Gasteiger partial charge on any atom is 0.327 e. The molecule has 19 heavy (non-hydrogen) atoms. The molecule has 0 heterocycles. The summed E-state index contributed by atoms with van der Waals surface area (Å²) < 4.78 is 5.54. The molecule has 0 spiro atoms. The van der Waals surface area contributed by atoms with Gasteiger partial charge in [-0.1, -0.05) is 56.0 Å². The molecule has 0 unspecified atom stereocenters. The lowest BCUT2D eigenvalue weighted by atomic mass is 10.2. The minimum absolute atomic E-state index is 0.552. The van der Waals surface area contributed by atoms with Crippen LogP contribution < -0.4 is 0 Å². The van der Waals surface area contributed by atoms with Gasteiger partial charge >= 0.3 is 5.97 Å². The lowest BCUT2D eigenvalue weighted by molar-refractivity contribution is -0.132. The zero-order valence-electron chi connectivity index (χ0n) is 11.8. The highest BCUT2D eigenvalue weighted by Crippen LogP contribution is 2.15. The Kier molecular flexibility index (Phi) is 5.98. The number of carbonyl (C=O) groups is 1. The van der Waals surface area contributed by atoms with Crippen LogP contribution in [0.15, 0.2) is 41.6 Å². The topological polar surface area (TPSA) is 46.5 Å². The second kappa shape index (κ2) is 7.26. The van der Waals surface area contributed by atoms with E-state index in [1.165, 1.54) is 0 Å². The van der Waals surface area contributed by atoms with Crippen molar-refractivity contribution in [1.82, 2.24) is 0 Å². The highest BCUT2D eigenvalue weighted by Gasteiger charge is 2.24. The van der Waals surface area contributed by atoms with Gasteiger partial charge in [0.25, 0.3) is 0 Å². The average Bonchev–Trinajstić information content (AvgIpc) is 2.32. The van der Waals surface area contributed by atoms with Crippen molar-refractivity contribution in [2.24, 2.45) is 0 Å². The zero-order valence-corrected chi connectivity index (χ0v) is 12.8. The Labute approximate surface area is 115 Å². The quantitative estimate of drug-likeness (QED) is 0.472. The van der Waals surface area contributed by atoms with Crippen LogP contribution >= 0.6 is 0 Å². The molecule has 0 aliphatic rings. The predicted octanol–water partition coefficient (Wildman–Crippen LogP) is 3.48. The van der Waals surface area contributed by atoms with Crippen LogP contribution in [-0.2, 0) is 16.1 Å². The van der Waals surface area contributed by atoms with E-state index in [4.69, 9.17) is 9.84 Å². The van der Waals surface area contributed by atoms with Crippen molar-refractivity contribution in [3.05, 3.63) is 47.2 Å². The number of aliphatic carboxylic acids is 1. The lowest BCUT2D eigenvalue weighted by Gasteiger charge is -2.16. The van der Waals surface area contributed by atoms with Crippen molar-refractivity contribution in [2.75, 3.05) is 6.61 Å². The van der Waals surface area contributed by atoms with E-state index in [1.54, 1.807) is 0 Å². The third-order valence-electron chi connectivity index (χ3n) is 2.76. The molecule has 0 radical (unpaired) electrons. The summed E-state index contributed by atoms with van der Waals surface area (Å²) in [6, 6.07) is 9.96. The molecule has 1 N–H and O–H groups in total. The van der Waals surface area contributed by atoms with Gasteiger partial charge in [-0.05, 0) is 12.0 Å². The fraction of sp³-hybridized carbons (Fsp3) is 0.400. The number of benzene rings is 1. The number of carboxylic acids is 1. The molecule has 3 nitrogen and oxygen atoms in total. The largest absolute Gasteiger partial charge is 0.478 e. The van der Waals surface area contributed by atoms with Crippen LogP contribution in [0, 0.1) is 0 Å². The second-order valence-corrected chi connectivity index (χ2v) is 10.5. The summed E-state index contributed by atoms with van der Waals surface area (Å²) in [6.07, 6.45) is 2.47. The normalized spacial score (nSPS) is 12.5. The van der Waals surface area contributed by atoms with E-state index in [-0.39, 0.29) is 0 Å². The Morgan fingerprint density at radius 3 is 2.42 bits per heavy atom. The number of ether oxygens (including phenoxy) is 1. The summed E-state index contributed by atoms with van der Waals surface area (Å²) in [5.41, 5.74) is 1.13. The van der Waals surface area contributed by atoms with E-state index >= 15 is 0 Å². The first-order valence-electron chi connectivity index (χ1n) is 6.47. The fourth-order valence-electron chi connectivity index (χ4n) is 1.77. The predicted molar refractivity (Wildman–Crippen MR) is 79.8 cm³/mol. The molecule has 1 aromatic rings. The van der Waals surface area contributed by atoms with Crippen molar-refractivity contribution >= 4 is 14.0 Å². The van der Waals surface area contributed by atoms with Gasteiger partial charge in [0.05, 0.1) is 21.3 Å². The molecule has 0 aliphatic heterocycles. The molecular weight excluding hydrogens is 256 g/mol. The van der Waals surface area contributed by atoms with Crippen LogP contribution in [-0.4, -0.2) is 25.8 Å². The number of rotatable bonds is 7. The zero-order chi connectivity index (χ0) is 14.3. The fourth-order valence-corrected chi connectivity index (χ4v) is 3.16. The van der Waals surface area contributed by atoms with E-state index in [1.807, 2.05) is 56.0 Å². The highest BCUT2D eigenvalue weighted by molar-refractivity contribution is 6.86. The Bertz CT molecular complexity index is 432. The SMILES string of the molecule is C[Si](C)(C)/C(=C/CCOCc1ccccc1)C(=O)O. The first-order valence-corrected chi connectivity index (χ1v) is 9.97. The Morgan fingerprint density at radius 1 is 1.26 bits per heavy atom. The molecule has 0 saturated carbocycles. The van der Waals surface area contributed by atoms with Gasteiger partial charge in [-0.3, -0.25) is 0 Å². The number of hydrogen-bond donors (Lipinski definition) is 1. The van der Waals surface area contributed by atoms with Crippen molar-refractivity contribution in [2.45, 2.75) is 32.7 Å². The average molecular weight is 278 g/mol. The standard InChI is InChI=1S/C15H22O3Si/c1-19(2,3)14(15(16)17)10-7-11-18-12-13-8-5-4-6-9-13/h4-6,8-10H,7,11-12H2,1-3H3,(H,16,17)/b14-10+. The molecule has 0 atom stereocenters. The summed E-state index contributed by atoms with van der Waals surface area (Å²) >= 11 is 0. The molecule has 0 aliphatic carbocycles. The molecule has 1 aromatic carbocycles. The van der Waals surface area contributed by atoms with Crippen molar-refractivity contribution < 1.29 is 14.6 Å². The summed E-state index contributed by atoms with van der Waals surface area (Å²) in [7, 11) is -1.77. The molecule has 4 heteroatoms. The van der Waals surface area contributed by atoms with E-state index in [9.17, 15) is 4.79 Å². The van der Waals surface area contributed by atoms with E-state index < -0.39 is 14.0 Å². The highest BCUT2D eigenvalue weighted by atomic mass is 28.3. The first-order chi connectivity index (χ1) is 8.91. The molecule has 1 rings (SSSR count). The van der Waals surface area contributed by atoms with Crippen LogP contribution in [0.2, 0.25) is 19.6 Å². The van der Waals surface area contributed by atoms with Crippen LogP contribution in [0.1, 0.15) is 12.0 Å². The van der Waals surface area contributed by atoms with Gasteiger partial charge < -0.3 is 9.84 Å². The van der Waals surface area contributed by atoms with Crippen LogP contribution in [0.4, 0.5) is 0 Å². The Balaban J connectivity index is 2.38. The summed E-state index contributed by atoms with van der Waals surface area (Å²) in [4.78, 5) is 11.2. The molecule has 0 aromatic heterocycles. The maximum absolute atomic E-state index is 11.2. The van der Waals surface area contributed by atoms with E-state index in [2.05, 4.69) is 0 Å². The van der Waals surface area contributed by atoms with Gasteiger partial charge in [0, 0.05) is 5.20 Å². The van der Waals surface area contributed by atoms with Crippen LogP contribution in [0.25, 0.3) is 0 Å². The van der Waals surface area contributed by atoms with Crippen molar-refractivity contribution in [3.63, 3.8) is 0 Å². The number of hydrogen-bond acceptors (Lipinski definition) is 2. The second-order valence-electron chi connectivity index (χ2n) is 5.50. The molecule has 0 fully saturated rings. The van der Waals surface area contributed by atoms with Crippen molar-refractivity contribution in [3.8, 4) is 0 Å². The molecule has 0 amide bonds. The van der Waals surface area contributed by atoms with Gasteiger partial charge in [0.15, 0.2) is 0 Å². The third kappa shape index (κ3) is 5.85. The first kappa shape index (κ1) is 15.7. The molecule has 104 valence electrons. The smallest absolute Gasteiger partial charge is 0.327 e. The van der Waals surface area contributed by atoms with Gasteiger partial charge in [-0.2, -0.15) is 0 Å². The summed E-state index contributed by atoms with van der Waals surface area (Å²) in [5, 5.41) is 9.75. The van der Waals surface area contributed by atoms with Gasteiger partial charge in [-0.25, -0.2) is 4.79 Å². The minimum Gasteiger partial charge on any atom is -0.478 e.